The zero-order valence-electron chi connectivity index (χ0n) is 19.1. The molecule has 4 heterocycles. The lowest BCUT2D eigenvalue weighted by atomic mass is 9.88. The Kier molecular flexibility index (Phi) is 6.13. The van der Waals surface area contributed by atoms with Gasteiger partial charge in [0.05, 0.1) is 23.0 Å². The van der Waals surface area contributed by atoms with E-state index in [1.807, 2.05) is 11.9 Å². The van der Waals surface area contributed by atoms with Gasteiger partial charge in [-0.1, -0.05) is 19.3 Å². The molecule has 0 atom stereocenters. The van der Waals surface area contributed by atoms with Crippen LogP contribution in [0.15, 0.2) is 17.2 Å². The smallest absolute Gasteiger partial charge is 0.257 e. The largest absolute Gasteiger partial charge is 0.339 e. The molecule has 32 heavy (non-hydrogen) atoms. The molecule has 3 aliphatic rings. The Morgan fingerprint density at radius 3 is 2.62 bits per heavy atom. The van der Waals surface area contributed by atoms with Crippen molar-refractivity contribution in [1.29, 1.82) is 0 Å². The Bertz CT molecular complexity index is 1010. The number of fused-ring (bicyclic) bond motifs is 1. The fourth-order valence-corrected chi connectivity index (χ4v) is 5.65. The number of carbonyl (C=O) groups excluding carboxylic acids is 1. The van der Waals surface area contributed by atoms with E-state index in [1.165, 1.54) is 32.1 Å². The highest BCUT2D eigenvalue weighted by Gasteiger charge is 2.29. The number of amides is 1. The molecule has 2 aliphatic heterocycles. The molecule has 0 bridgehead atoms. The number of nitrogens with one attached hydrogen (secondary N) is 1. The molecule has 0 aromatic carbocycles. The van der Waals surface area contributed by atoms with Crippen molar-refractivity contribution < 1.29 is 4.79 Å². The number of carbonyl (C=O) groups is 1. The molecule has 8 heteroatoms. The molecule has 0 unspecified atom stereocenters. The first-order chi connectivity index (χ1) is 15.6. The number of rotatable bonds is 4. The van der Waals surface area contributed by atoms with Gasteiger partial charge in [0.1, 0.15) is 5.82 Å². The van der Waals surface area contributed by atoms with E-state index >= 15 is 0 Å². The molecule has 1 N–H and O–H groups in total. The quantitative estimate of drug-likeness (QED) is 0.792. The van der Waals surface area contributed by atoms with Crippen molar-refractivity contribution in [1.82, 2.24) is 29.5 Å². The predicted octanol–water partition coefficient (Wildman–Crippen LogP) is 2.46. The van der Waals surface area contributed by atoms with Crippen LogP contribution in [-0.4, -0.2) is 61.6 Å². The highest BCUT2D eigenvalue weighted by molar-refractivity contribution is 5.93. The van der Waals surface area contributed by atoms with Gasteiger partial charge >= 0.3 is 0 Å². The van der Waals surface area contributed by atoms with Crippen molar-refractivity contribution in [3.05, 3.63) is 45.4 Å². The zero-order chi connectivity index (χ0) is 22.1. The molecule has 0 radical (unpaired) electrons. The Balaban J connectivity index is 1.21. The number of H-pyrrole nitrogens is 1. The number of likely N-dealkylation sites (tertiary alicyclic amines) is 1. The molecule has 2 fully saturated rings. The second-order valence-corrected chi connectivity index (χ2v) is 9.83. The van der Waals surface area contributed by atoms with Crippen LogP contribution in [0.3, 0.4) is 0 Å². The van der Waals surface area contributed by atoms with Crippen LogP contribution in [0.1, 0.15) is 78.3 Å². The minimum atomic E-state index is 0.0292. The molecule has 2 aromatic heterocycles. The maximum Gasteiger partial charge on any atom is 0.257 e. The third-order valence-corrected chi connectivity index (χ3v) is 7.53. The molecule has 1 saturated heterocycles. The van der Waals surface area contributed by atoms with E-state index in [-0.39, 0.29) is 17.4 Å². The van der Waals surface area contributed by atoms with E-state index in [9.17, 15) is 9.59 Å². The average Bonchev–Trinajstić information content (AvgIpc) is 3.26. The first kappa shape index (κ1) is 21.4. The first-order valence-corrected chi connectivity index (χ1v) is 12.2. The van der Waals surface area contributed by atoms with Crippen LogP contribution in [0.25, 0.3) is 0 Å². The summed E-state index contributed by atoms with van der Waals surface area (Å²) < 4.78 is 1.65. The fourth-order valence-electron chi connectivity index (χ4n) is 5.65. The Hall–Kier alpha value is -2.48. The number of nitrogens with zero attached hydrogens (tertiary/aromatic N) is 5. The molecule has 8 nitrogen and oxygen atoms in total. The van der Waals surface area contributed by atoms with Crippen LogP contribution < -0.4 is 5.56 Å². The lowest BCUT2D eigenvalue weighted by Crippen LogP contribution is -2.40. The van der Waals surface area contributed by atoms with Gasteiger partial charge in [0.2, 0.25) is 0 Å². The molecule has 1 amide bonds. The van der Waals surface area contributed by atoms with E-state index < -0.39 is 0 Å². The Labute approximate surface area is 189 Å². The normalized spacial score (nSPS) is 21.0. The minimum absolute atomic E-state index is 0.0292. The van der Waals surface area contributed by atoms with Crippen molar-refractivity contribution in [3.8, 4) is 0 Å². The van der Waals surface area contributed by atoms with Crippen LogP contribution in [-0.2, 0) is 20.0 Å². The molecule has 1 saturated carbocycles. The Morgan fingerprint density at radius 2 is 1.91 bits per heavy atom. The SMILES string of the molecule is Cn1cc(C(=O)N2CCC(c3nc4c(c(=O)[nH]3)CN(CC3CCCCC3)CC4)CC2)cn1. The molecule has 5 rings (SSSR count). The van der Waals surface area contributed by atoms with E-state index in [1.54, 1.807) is 17.1 Å². The third kappa shape index (κ3) is 4.51. The number of aromatic amines is 1. The summed E-state index contributed by atoms with van der Waals surface area (Å²) in [6, 6.07) is 0. The van der Waals surface area contributed by atoms with E-state index in [4.69, 9.17) is 4.98 Å². The summed E-state index contributed by atoms with van der Waals surface area (Å²) in [4.78, 5) is 37.9. The highest BCUT2D eigenvalue weighted by atomic mass is 16.2. The van der Waals surface area contributed by atoms with Crippen molar-refractivity contribution in [2.24, 2.45) is 13.0 Å². The zero-order valence-corrected chi connectivity index (χ0v) is 19.1. The van der Waals surface area contributed by atoms with Crippen LogP contribution >= 0.6 is 0 Å². The van der Waals surface area contributed by atoms with Gasteiger partial charge < -0.3 is 9.88 Å². The molecule has 1 aliphatic carbocycles. The number of aryl methyl sites for hydroxylation is 1. The average molecular weight is 439 g/mol. The lowest BCUT2D eigenvalue weighted by molar-refractivity contribution is 0.0710. The van der Waals surface area contributed by atoms with Crippen molar-refractivity contribution >= 4 is 5.91 Å². The summed E-state index contributed by atoms with van der Waals surface area (Å²) in [5.74, 6) is 1.83. The summed E-state index contributed by atoms with van der Waals surface area (Å²) in [6.45, 7) is 4.19. The topological polar surface area (TPSA) is 87.1 Å². The summed E-state index contributed by atoms with van der Waals surface area (Å²) >= 11 is 0. The van der Waals surface area contributed by atoms with Gasteiger partial charge in [-0.05, 0) is 31.6 Å². The maximum atomic E-state index is 12.9. The second-order valence-electron chi connectivity index (χ2n) is 9.83. The molecule has 2 aromatic rings. The van der Waals surface area contributed by atoms with E-state index in [0.717, 1.165) is 61.9 Å². The van der Waals surface area contributed by atoms with Crippen LogP contribution in [0.4, 0.5) is 0 Å². The molecule has 172 valence electrons. The van der Waals surface area contributed by atoms with Gasteiger partial charge in [-0.15, -0.1) is 0 Å². The van der Waals surface area contributed by atoms with Gasteiger partial charge in [0, 0.05) is 58.3 Å². The van der Waals surface area contributed by atoms with Crippen molar-refractivity contribution in [2.75, 3.05) is 26.2 Å². The van der Waals surface area contributed by atoms with Gasteiger partial charge in [-0.2, -0.15) is 5.10 Å². The summed E-state index contributed by atoms with van der Waals surface area (Å²) in [7, 11) is 1.82. The van der Waals surface area contributed by atoms with Crippen LogP contribution in [0.2, 0.25) is 0 Å². The number of piperidine rings is 1. The van der Waals surface area contributed by atoms with Crippen LogP contribution in [0.5, 0.6) is 0 Å². The number of hydrogen-bond donors (Lipinski definition) is 1. The fraction of sp³-hybridized carbons (Fsp3) is 0.667. The molecular weight excluding hydrogens is 404 g/mol. The number of aromatic nitrogens is 4. The van der Waals surface area contributed by atoms with Crippen molar-refractivity contribution in [3.63, 3.8) is 0 Å². The lowest BCUT2D eigenvalue weighted by Gasteiger charge is -2.34. The standard InChI is InChI=1S/C24H34N6O2/c1-28-15-19(13-25-28)24(32)30-11-7-18(8-12-30)22-26-21-9-10-29(16-20(21)23(31)27-22)14-17-5-3-2-4-6-17/h13,15,17-18H,2-12,14,16H2,1H3,(H,26,27,31). The van der Waals surface area contributed by atoms with Gasteiger partial charge in [0.25, 0.3) is 11.5 Å². The van der Waals surface area contributed by atoms with Gasteiger partial charge in [-0.3, -0.25) is 19.2 Å². The van der Waals surface area contributed by atoms with Gasteiger partial charge in [-0.25, -0.2) is 4.98 Å². The van der Waals surface area contributed by atoms with E-state index in [2.05, 4.69) is 15.0 Å². The maximum absolute atomic E-state index is 12.9. The minimum Gasteiger partial charge on any atom is -0.339 e. The third-order valence-electron chi connectivity index (χ3n) is 7.53. The van der Waals surface area contributed by atoms with Crippen molar-refractivity contribution in [2.45, 2.75) is 63.8 Å². The van der Waals surface area contributed by atoms with E-state index in [0.29, 0.717) is 18.7 Å². The summed E-state index contributed by atoms with van der Waals surface area (Å²) in [6.07, 6.45) is 12.6. The number of hydrogen-bond acceptors (Lipinski definition) is 5. The monoisotopic (exact) mass is 438 g/mol. The highest BCUT2D eigenvalue weighted by Crippen LogP contribution is 2.28. The van der Waals surface area contributed by atoms with Gasteiger partial charge in [0.15, 0.2) is 0 Å². The van der Waals surface area contributed by atoms with Crippen LogP contribution in [0, 0.1) is 5.92 Å². The first-order valence-electron chi connectivity index (χ1n) is 12.2. The Morgan fingerprint density at radius 1 is 1.12 bits per heavy atom. The molecule has 0 spiro atoms. The second kappa shape index (κ2) is 9.17. The summed E-state index contributed by atoms with van der Waals surface area (Å²) in [5.41, 5.74) is 2.51. The predicted molar refractivity (Wildman–Crippen MR) is 122 cm³/mol. The molecular formula is C24H34N6O2. The summed E-state index contributed by atoms with van der Waals surface area (Å²) in [5, 5.41) is 4.10.